The number of aromatic nitrogens is 2. The van der Waals surface area contributed by atoms with Gasteiger partial charge in [-0.15, -0.1) is 0 Å². The van der Waals surface area contributed by atoms with Gasteiger partial charge in [0.05, 0.1) is 6.42 Å². The van der Waals surface area contributed by atoms with Crippen LogP contribution in [0.5, 0.6) is 0 Å². The first kappa shape index (κ1) is 11.9. The Hall–Kier alpha value is -1.62. The minimum absolute atomic E-state index is 0.0735. The second-order valence-electron chi connectivity index (χ2n) is 3.69. The Morgan fingerprint density at radius 1 is 1.41 bits per heavy atom. The molecule has 1 N–H and O–H groups in total. The zero-order chi connectivity index (χ0) is 12.3. The molecule has 1 aromatic heterocycles. The molecule has 1 aromatic carbocycles. The van der Waals surface area contributed by atoms with E-state index in [9.17, 15) is 4.79 Å². The predicted molar refractivity (Wildman–Crippen MR) is 69.7 cm³/mol. The number of amides is 1. The Morgan fingerprint density at radius 3 is 2.82 bits per heavy atom. The van der Waals surface area contributed by atoms with Crippen LogP contribution in [0.25, 0.3) is 0 Å². The highest BCUT2D eigenvalue weighted by Crippen LogP contribution is 2.16. The summed E-state index contributed by atoms with van der Waals surface area (Å²) in [4.78, 5) is 11.8. The maximum absolute atomic E-state index is 11.8. The van der Waals surface area contributed by atoms with Crippen LogP contribution in [0.2, 0.25) is 0 Å². The minimum atomic E-state index is -0.0735. The van der Waals surface area contributed by atoms with Crippen LogP contribution < -0.4 is 5.32 Å². The number of nitrogens with one attached hydrogen (secondary N) is 1. The number of halogens is 1. The summed E-state index contributed by atoms with van der Waals surface area (Å²) in [5.41, 5.74) is 0.959. The van der Waals surface area contributed by atoms with Crippen LogP contribution in [-0.4, -0.2) is 15.7 Å². The molecule has 0 saturated carbocycles. The van der Waals surface area contributed by atoms with Gasteiger partial charge in [0.15, 0.2) is 5.82 Å². The summed E-state index contributed by atoms with van der Waals surface area (Å²) >= 11 is 3.41. The molecule has 4 nitrogen and oxygen atoms in total. The van der Waals surface area contributed by atoms with Crippen LogP contribution in [0.4, 0.5) is 5.82 Å². The van der Waals surface area contributed by atoms with Crippen LogP contribution in [-0.2, 0) is 18.3 Å². The molecule has 0 radical (unpaired) electrons. The van der Waals surface area contributed by atoms with Gasteiger partial charge in [0.1, 0.15) is 0 Å². The molecule has 0 unspecified atom stereocenters. The lowest BCUT2D eigenvalue weighted by molar-refractivity contribution is -0.115. The van der Waals surface area contributed by atoms with Gasteiger partial charge in [-0.05, 0) is 11.6 Å². The van der Waals surface area contributed by atoms with Gasteiger partial charge in [-0.1, -0.05) is 34.1 Å². The number of hydrogen-bond donors (Lipinski definition) is 1. The van der Waals surface area contributed by atoms with Gasteiger partial charge in [-0.25, -0.2) is 0 Å². The highest BCUT2D eigenvalue weighted by Gasteiger charge is 2.07. The molecule has 1 heterocycles. The molecule has 0 aliphatic rings. The van der Waals surface area contributed by atoms with Crippen LogP contribution in [0.15, 0.2) is 41.0 Å². The number of carbonyl (C=O) groups is 1. The van der Waals surface area contributed by atoms with Crippen molar-refractivity contribution >= 4 is 27.7 Å². The highest BCUT2D eigenvalue weighted by molar-refractivity contribution is 9.10. The van der Waals surface area contributed by atoms with E-state index >= 15 is 0 Å². The number of hydrogen-bond acceptors (Lipinski definition) is 2. The Balaban J connectivity index is 2.01. The van der Waals surface area contributed by atoms with Crippen LogP contribution in [0, 0.1) is 0 Å². The van der Waals surface area contributed by atoms with E-state index in [4.69, 9.17) is 0 Å². The monoisotopic (exact) mass is 293 g/mol. The smallest absolute Gasteiger partial charge is 0.230 e. The standard InChI is InChI=1S/C12H12BrN3O/c1-16-7-6-11(15-16)14-12(17)8-9-4-2-3-5-10(9)13/h2-7H,8H2,1H3,(H,14,15,17). The van der Waals surface area contributed by atoms with Gasteiger partial charge in [-0.3, -0.25) is 9.48 Å². The Kier molecular flexibility index (Phi) is 3.58. The molecule has 88 valence electrons. The molecule has 0 aliphatic carbocycles. The van der Waals surface area contributed by atoms with E-state index in [1.54, 1.807) is 16.9 Å². The van der Waals surface area contributed by atoms with Crippen LogP contribution in [0.1, 0.15) is 5.56 Å². The number of nitrogens with zero attached hydrogens (tertiary/aromatic N) is 2. The normalized spacial score (nSPS) is 10.2. The second-order valence-corrected chi connectivity index (χ2v) is 4.55. The molecule has 0 saturated heterocycles. The third kappa shape index (κ3) is 3.17. The summed E-state index contributed by atoms with van der Waals surface area (Å²) in [5, 5.41) is 6.83. The molecule has 17 heavy (non-hydrogen) atoms. The lowest BCUT2D eigenvalue weighted by atomic mass is 10.1. The summed E-state index contributed by atoms with van der Waals surface area (Å²) < 4.78 is 2.59. The zero-order valence-electron chi connectivity index (χ0n) is 9.35. The largest absolute Gasteiger partial charge is 0.309 e. The summed E-state index contributed by atoms with van der Waals surface area (Å²) in [6.45, 7) is 0. The Morgan fingerprint density at radius 2 is 2.18 bits per heavy atom. The minimum Gasteiger partial charge on any atom is -0.309 e. The van der Waals surface area contributed by atoms with Crippen molar-refractivity contribution in [2.45, 2.75) is 6.42 Å². The van der Waals surface area contributed by atoms with Crippen molar-refractivity contribution in [1.29, 1.82) is 0 Å². The van der Waals surface area contributed by atoms with Gasteiger partial charge in [0, 0.05) is 23.8 Å². The van der Waals surface area contributed by atoms with Gasteiger partial charge in [-0.2, -0.15) is 5.10 Å². The molecule has 0 aliphatic heterocycles. The van der Waals surface area contributed by atoms with Crippen molar-refractivity contribution in [2.75, 3.05) is 5.32 Å². The van der Waals surface area contributed by atoms with Crippen molar-refractivity contribution in [2.24, 2.45) is 7.05 Å². The van der Waals surface area contributed by atoms with E-state index in [1.165, 1.54) is 0 Å². The number of rotatable bonds is 3. The number of aryl methyl sites for hydroxylation is 1. The van der Waals surface area contributed by atoms with Crippen molar-refractivity contribution in [1.82, 2.24) is 9.78 Å². The maximum Gasteiger partial charge on any atom is 0.230 e. The van der Waals surface area contributed by atoms with E-state index in [0.717, 1.165) is 10.0 Å². The fourth-order valence-corrected chi connectivity index (χ4v) is 1.91. The lowest BCUT2D eigenvalue weighted by Crippen LogP contribution is -2.15. The molecule has 5 heteroatoms. The average Bonchev–Trinajstić information content (AvgIpc) is 2.67. The summed E-state index contributed by atoms with van der Waals surface area (Å²) in [5.74, 6) is 0.500. The number of carbonyl (C=O) groups excluding carboxylic acids is 1. The number of benzene rings is 1. The van der Waals surface area contributed by atoms with E-state index in [0.29, 0.717) is 12.2 Å². The third-order valence-electron chi connectivity index (χ3n) is 2.29. The van der Waals surface area contributed by atoms with E-state index < -0.39 is 0 Å². The fourth-order valence-electron chi connectivity index (χ4n) is 1.48. The SMILES string of the molecule is Cn1ccc(NC(=O)Cc2ccccc2Br)n1. The van der Waals surface area contributed by atoms with E-state index in [-0.39, 0.29) is 5.91 Å². The van der Waals surface area contributed by atoms with Crippen molar-refractivity contribution in [3.8, 4) is 0 Å². The molecule has 0 atom stereocenters. The van der Waals surface area contributed by atoms with E-state index in [2.05, 4.69) is 26.3 Å². The molecular weight excluding hydrogens is 282 g/mol. The van der Waals surface area contributed by atoms with Crippen molar-refractivity contribution in [3.63, 3.8) is 0 Å². The zero-order valence-corrected chi connectivity index (χ0v) is 10.9. The number of anilines is 1. The molecule has 0 spiro atoms. The average molecular weight is 294 g/mol. The van der Waals surface area contributed by atoms with Crippen LogP contribution in [0.3, 0.4) is 0 Å². The second kappa shape index (κ2) is 5.14. The van der Waals surface area contributed by atoms with E-state index in [1.807, 2.05) is 31.3 Å². The Labute approximate surface area is 108 Å². The topological polar surface area (TPSA) is 46.9 Å². The summed E-state index contributed by atoms with van der Waals surface area (Å²) in [6, 6.07) is 9.43. The predicted octanol–water partition coefficient (Wildman–Crippen LogP) is 2.36. The maximum atomic E-state index is 11.8. The first-order valence-corrected chi connectivity index (χ1v) is 5.97. The van der Waals surface area contributed by atoms with Crippen LogP contribution >= 0.6 is 15.9 Å². The first-order chi connectivity index (χ1) is 8.15. The third-order valence-corrected chi connectivity index (χ3v) is 3.06. The quantitative estimate of drug-likeness (QED) is 0.944. The summed E-state index contributed by atoms with van der Waals surface area (Å²) in [7, 11) is 1.81. The van der Waals surface area contributed by atoms with Gasteiger partial charge < -0.3 is 5.32 Å². The van der Waals surface area contributed by atoms with Gasteiger partial charge >= 0.3 is 0 Å². The Bertz CT molecular complexity index is 536. The van der Waals surface area contributed by atoms with Crippen molar-refractivity contribution < 1.29 is 4.79 Å². The highest BCUT2D eigenvalue weighted by atomic mass is 79.9. The van der Waals surface area contributed by atoms with Crippen molar-refractivity contribution in [3.05, 3.63) is 46.6 Å². The lowest BCUT2D eigenvalue weighted by Gasteiger charge is -2.04. The molecule has 2 aromatic rings. The molecule has 2 rings (SSSR count). The van der Waals surface area contributed by atoms with Gasteiger partial charge in [0.25, 0.3) is 0 Å². The molecular formula is C12H12BrN3O. The first-order valence-electron chi connectivity index (χ1n) is 5.18. The summed E-state index contributed by atoms with van der Waals surface area (Å²) in [6.07, 6.45) is 2.12. The molecule has 0 bridgehead atoms. The molecule has 0 fully saturated rings. The van der Waals surface area contributed by atoms with Gasteiger partial charge in [0.2, 0.25) is 5.91 Å². The molecule has 1 amide bonds. The fraction of sp³-hybridized carbons (Fsp3) is 0.167.